The largest absolute Gasteiger partial charge is 0.440 e. The van der Waals surface area contributed by atoms with Crippen LogP contribution in [0.25, 0.3) is 10.9 Å². The Hall–Kier alpha value is -2.62. The van der Waals surface area contributed by atoms with E-state index in [9.17, 15) is 0 Å². The third-order valence-electron chi connectivity index (χ3n) is 3.96. The van der Waals surface area contributed by atoms with Crippen LogP contribution < -0.4 is 4.90 Å². The SMILES string of the molecule is C(=Nc1ccc2ncccc2c1)c1ccc(N2CCCC2)o1. The van der Waals surface area contributed by atoms with Gasteiger partial charge in [0.25, 0.3) is 0 Å². The van der Waals surface area contributed by atoms with Gasteiger partial charge in [-0.2, -0.15) is 0 Å². The molecule has 1 saturated heterocycles. The highest BCUT2D eigenvalue weighted by Crippen LogP contribution is 2.23. The van der Waals surface area contributed by atoms with Gasteiger partial charge in [0.05, 0.1) is 17.4 Å². The third-order valence-corrected chi connectivity index (χ3v) is 3.96. The Morgan fingerprint density at radius 1 is 1.09 bits per heavy atom. The lowest BCUT2D eigenvalue weighted by atomic mass is 10.2. The molecule has 1 aliphatic rings. The molecule has 4 nitrogen and oxygen atoms in total. The van der Waals surface area contributed by atoms with Crippen molar-refractivity contribution in [3.8, 4) is 0 Å². The van der Waals surface area contributed by atoms with Crippen LogP contribution in [0.2, 0.25) is 0 Å². The molecular formula is C18H17N3O. The van der Waals surface area contributed by atoms with Crippen molar-refractivity contribution in [2.45, 2.75) is 12.8 Å². The number of aromatic nitrogens is 1. The maximum Gasteiger partial charge on any atom is 0.196 e. The van der Waals surface area contributed by atoms with Crippen LogP contribution in [0.4, 0.5) is 11.6 Å². The summed E-state index contributed by atoms with van der Waals surface area (Å²) in [6.45, 7) is 2.17. The van der Waals surface area contributed by atoms with E-state index >= 15 is 0 Å². The summed E-state index contributed by atoms with van der Waals surface area (Å²) in [7, 11) is 0. The Labute approximate surface area is 129 Å². The van der Waals surface area contributed by atoms with E-state index in [1.165, 1.54) is 12.8 Å². The smallest absolute Gasteiger partial charge is 0.196 e. The fraction of sp³-hybridized carbons (Fsp3) is 0.222. The van der Waals surface area contributed by atoms with Crippen molar-refractivity contribution in [2.75, 3.05) is 18.0 Å². The average Bonchev–Trinajstić information content (AvgIpc) is 3.24. The predicted molar refractivity (Wildman–Crippen MR) is 89.2 cm³/mol. The van der Waals surface area contributed by atoms with E-state index in [4.69, 9.17) is 4.42 Å². The molecule has 1 aliphatic heterocycles. The van der Waals surface area contributed by atoms with Crippen LogP contribution in [-0.4, -0.2) is 24.3 Å². The van der Waals surface area contributed by atoms with E-state index < -0.39 is 0 Å². The molecule has 0 unspecified atom stereocenters. The minimum absolute atomic E-state index is 0.785. The third kappa shape index (κ3) is 2.60. The average molecular weight is 291 g/mol. The van der Waals surface area contributed by atoms with Gasteiger partial charge < -0.3 is 9.32 Å². The van der Waals surface area contributed by atoms with E-state index in [2.05, 4.69) is 14.9 Å². The zero-order valence-electron chi connectivity index (χ0n) is 12.3. The minimum atomic E-state index is 0.785. The summed E-state index contributed by atoms with van der Waals surface area (Å²) in [6, 6.07) is 14.0. The molecule has 0 atom stereocenters. The molecule has 4 rings (SSSR count). The van der Waals surface area contributed by atoms with Crippen molar-refractivity contribution < 1.29 is 4.42 Å². The first-order valence-corrected chi connectivity index (χ1v) is 7.62. The Balaban J connectivity index is 1.55. The predicted octanol–water partition coefficient (Wildman–Crippen LogP) is 4.18. The van der Waals surface area contributed by atoms with E-state index in [0.29, 0.717) is 0 Å². The molecule has 3 heterocycles. The van der Waals surface area contributed by atoms with Crippen molar-refractivity contribution in [2.24, 2.45) is 4.99 Å². The highest BCUT2D eigenvalue weighted by atomic mass is 16.4. The Bertz CT molecular complexity index is 816. The lowest BCUT2D eigenvalue weighted by Crippen LogP contribution is -2.16. The molecule has 0 spiro atoms. The normalized spacial score (nSPS) is 15.2. The van der Waals surface area contributed by atoms with Crippen LogP contribution in [0.15, 0.2) is 58.1 Å². The zero-order valence-corrected chi connectivity index (χ0v) is 12.3. The lowest BCUT2D eigenvalue weighted by molar-refractivity contribution is 0.550. The van der Waals surface area contributed by atoms with Crippen molar-refractivity contribution in [1.29, 1.82) is 0 Å². The van der Waals surface area contributed by atoms with Crippen molar-refractivity contribution in [3.63, 3.8) is 0 Å². The number of pyridine rings is 1. The van der Waals surface area contributed by atoms with Crippen molar-refractivity contribution in [1.82, 2.24) is 4.98 Å². The van der Waals surface area contributed by atoms with Gasteiger partial charge in [-0.25, -0.2) is 0 Å². The number of hydrogen-bond acceptors (Lipinski definition) is 4. The van der Waals surface area contributed by atoms with Crippen LogP contribution in [0.1, 0.15) is 18.6 Å². The molecule has 2 aromatic heterocycles. The number of aliphatic imine (C=N–C) groups is 1. The number of anilines is 1. The maximum absolute atomic E-state index is 5.84. The highest BCUT2D eigenvalue weighted by Gasteiger charge is 2.14. The van der Waals surface area contributed by atoms with E-state index in [1.807, 2.05) is 42.5 Å². The van der Waals surface area contributed by atoms with Crippen molar-refractivity contribution >= 4 is 28.7 Å². The standard InChI is InChI=1S/C18H17N3O/c1-2-11-21(10-1)18-8-6-16(22-18)13-20-15-5-7-17-14(12-15)4-3-9-19-17/h3-9,12-13H,1-2,10-11H2. The Kier molecular flexibility index (Phi) is 3.35. The number of furan rings is 1. The lowest BCUT2D eigenvalue weighted by Gasteiger charge is -2.12. The van der Waals surface area contributed by atoms with Crippen LogP contribution in [-0.2, 0) is 0 Å². The molecule has 3 aromatic rings. The second kappa shape index (κ2) is 5.64. The first kappa shape index (κ1) is 13.1. The second-order valence-electron chi connectivity index (χ2n) is 5.51. The number of nitrogens with zero attached hydrogens (tertiary/aromatic N) is 3. The fourth-order valence-electron chi connectivity index (χ4n) is 2.80. The van der Waals surface area contributed by atoms with Gasteiger partial charge in [-0.1, -0.05) is 6.07 Å². The van der Waals surface area contributed by atoms with Gasteiger partial charge in [0.2, 0.25) is 0 Å². The number of fused-ring (bicyclic) bond motifs is 1. The van der Waals surface area contributed by atoms with Gasteiger partial charge in [-0.3, -0.25) is 9.98 Å². The molecule has 4 heteroatoms. The summed E-state index contributed by atoms with van der Waals surface area (Å²) in [5.74, 6) is 1.73. The monoisotopic (exact) mass is 291 g/mol. The van der Waals surface area contributed by atoms with Crippen LogP contribution >= 0.6 is 0 Å². The topological polar surface area (TPSA) is 41.6 Å². The van der Waals surface area contributed by atoms with Gasteiger partial charge >= 0.3 is 0 Å². The molecule has 0 saturated carbocycles. The molecule has 110 valence electrons. The highest BCUT2D eigenvalue weighted by molar-refractivity contribution is 5.84. The molecule has 0 radical (unpaired) electrons. The summed E-state index contributed by atoms with van der Waals surface area (Å²) in [5, 5.41) is 1.09. The Morgan fingerprint density at radius 3 is 2.91 bits per heavy atom. The number of rotatable bonds is 3. The molecule has 0 bridgehead atoms. The van der Waals surface area contributed by atoms with Gasteiger partial charge in [0.15, 0.2) is 5.88 Å². The molecule has 0 N–H and O–H groups in total. The molecule has 0 aliphatic carbocycles. The first-order valence-electron chi connectivity index (χ1n) is 7.62. The van der Waals surface area contributed by atoms with Gasteiger partial charge in [0.1, 0.15) is 5.76 Å². The molecular weight excluding hydrogens is 274 g/mol. The van der Waals surface area contributed by atoms with Gasteiger partial charge in [-0.15, -0.1) is 0 Å². The molecule has 1 fully saturated rings. The van der Waals surface area contributed by atoms with E-state index in [1.54, 1.807) is 12.4 Å². The minimum Gasteiger partial charge on any atom is -0.440 e. The number of benzene rings is 1. The summed E-state index contributed by atoms with van der Waals surface area (Å²) < 4.78 is 5.84. The van der Waals surface area contributed by atoms with E-state index in [0.717, 1.165) is 41.3 Å². The van der Waals surface area contributed by atoms with Crippen LogP contribution in [0, 0.1) is 0 Å². The molecule has 22 heavy (non-hydrogen) atoms. The molecule has 0 amide bonds. The first-order chi connectivity index (χ1) is 10.9. The zero-order chi connectivity index (χ0) is 14.8. The Morgan fingerprint density at radius 2 is 2.00 bits per heavy atom. The number of hydrogen-bond donors (Lipinski definition) is 0. The van der Waals surface area contributed by atoms with E-state index in [-0.39, 0.29) is 0 Å². The molecule has 1 aromatic carbocycles. The summed E-state index contributed by atoms with van der Waals surface area (Å²) >= 11 is 0. The summed E-state index contributed by atoms with van der Waals surface area (Å²) in [6.07, 6.45) is 6.07. The fourth-order valence-corrected chi connectivity index (χ4v) is 2.80. The van der Waals surface area contributed by atoms with Gasteiger partial charge in [-0.05, 0) is 43.2 Å². The second-order valence-corrected chi connectivity index (χ2v) is 5.51. The summed E-state index contributed by atoms with van der Waals surface area (Å²) in [5.41, 5.74) is 1.88. The van der Waals surface area contributed by atoms with Crippen LogP contribution in [0.5, 0.6) is 0 Å². The quantitative estimate of drug-likeness (QED) is 0.680. The van der Waals surface area contributed by atoms with Crippen LogP contribution in [0.3, 0.4) is 0 Å². The maximum atomic E-state index is 5.84. The van der Waals surface area contributed by atoms with Crippen molar-refractivity contribution in [3.05, 3.63) is 54.4 Å². The summed E-state index contributed by atoms with van der Waals surface area (Å²) in [4.78, 5) is 11.1. The van der Waals surface area contributed by atoms with Gasteiger partial charge in [0, 0.05) is 30.7 Å².